The molecule has 14 heavy (non-hydrogen) atoms. The van der Waals surface area contributed by atoms with Crippen molar-refractivity contribution in [3.63, 3.8) is 0 Å². The molecule has 0 radical (unpaired) electrons. The van der Waals surface area contributed by atoms with Gasteiger partial charge in [0.1, 0.15) is 0 Å². The summed E-state index contributed by atoms with van der Waals surface area (Å²) in [5, 5.41) is 3.39. The molecule has 0 aliphatic carbocycles. The molecular formula is C13H23N. The molecule has 0 saturated heterocycles. The highest BCUT2D eigenvalue weighted by molar-refractivity contribution is 5.36. The van der Waals surface area contributed by atoms with Crippen LogP contribution in [0.3, 0.4) is 0 Å². The van der Waals surface area contributed by atoms with Crippen LogP contribution in [0.15, 0.2) is 35.1 Å². The van der Waals surface area contributed by atoms with Gasteiger partial charge in [0, 0.05) is 12.2 Å². The van der Waals surface area contributed by atoms with Crippen LogP contribution in [-0.2, 0) is 0 Å². The van der Waals surface area contributed by atoms with E-state index in [9.17, 15) is 0 Å². The molecule has 1 N–H and O–H groups in total. The number of allylic oxidation sites excluding steroid dienone is 4. The maximum absolute atomic E-state index is 3.39. The van der Waals surface area contributed by atoms with E-state index >= 15 is 0 Å². The van der Waals surface area contributed by atoms with Gasteiger partial charge in [0.25, 0.3) is 0 Å². The summed E-state index contributed by atoms with van der Waals surface area (Å²) in [6.45, 7) is 11.5. The van der Waals surface area contributed by atoms with Crippen LogP contribution < -0.4 is 5.32 Å². The predicted octanol–water partition coefficient (Wildman–Crippen LogP) is 3.80. The van der Waals surface area contributed by atoms with Gasteiger partial charge in [-0.1, -0.05) is 32.1 Å². The van der Waals surface area contributed by atoms with Crippen molar-refractivity contribution in [2.75, 3.05) is 6.54 Å². The molecule has 1 aliphatic rings. The van der Waals surface area contributed by atoms with Crippen LogP contribution in [-0.4, -0.2) is 6.54 Å². The molecular weight excluding hydrogens is 170 g/mol. The molecule has 0 unspecified atom stereocenters. The summed E-state index contributed by atoms with van der Waals surface area (Å²) in [6, 6.07) is 0. The van der Waals surface area contributed by atoms with E-state index < -0.39 is 0 Å². The molecule has 0 atom stereocenters. The quantitative estimate of drug-likeness (QED) is 0.658. The Hall–Kier alpha value is -0.980. The molecule has 1 nitrogen and oxygen atoms in total. The summed E-state index contributed by atoms with van der Waals surface area (Å²) < 4.78 is 0. The van der Waals surface area contributed by atoms with Crippen LogP contribution >= 0.6 is 0 Å². The second-order valence-corrected chi connectivity index (χ2v) is 3.21. The van der Waals surface area contributed by atoms with E-state index in [2.05, 4.69) is 31.3 Å². The minimum Gasteiger partial charge on any atom is -0.385 e. The Bertz CT molecular complexity index is 244. The van der Waals surface area contributed by atoms with Gasteiger partial charge in [0.05, 0.1) is 0 Å². The van der Waals surface area contributed by atoms with E-state index in [1.807, 2.05) is 26.8 Å². The highest BCUT2D eigenvalue weighted by Gasteiger charge is 2.09. The van der Waals surface area contributed by atoms with E-state index in [1.165, 1.54) is 23.3 Å². The minimum atomic E-state index is 1.10. The second kappa shape index (κ2) is 7.43. The number of hydrogen-bond donors (Lipinski definition) is 1. The Kier molecular flexibility index (Phi) is 6.91. The molecule has 1 heteroatoms. The predicted molar refractivity (Wildman–Crippen MR) is 65.2 cm³/mol. The van der Waals surface area contributed by atoms with Gasteiger partial charge in [-0.3, -0.25) is 0 Å². The van der Waals surface area contributed by atoms with Crippen LogP contribution in [0.25, 0.3) is 0 Å². The molecule has 0 bridgehead atoms. The Morgan fingerprint density at radius 1 is 1.36 bits per heavy atom. The summed E-state index contributed by atoms with van der Waals surface area (Å²) in [5.74, 6) is 0. The molecule has 0 spiro atoms. The lowest BCUT2D eigenvalue weighted by atomic mass is 10.1. The van der Waals surface area contributed by atoms with Crippen LogP contribution in [0.4, 0.5) is 0 Å². The first kappa shape index (κ1) is 13.0. The van der Waals surface area contributed by atoms with Crippen molar-refractivity contribution in [1.29, 1.82) is 0 Å². The van der Waals surface area contributed by atoms with E-state index in [4.69, 9.17) is 0 Å². The topological polar surface area (TPSA) is 12.0 Å². The summed E-state index contributed by atoms with van der Waals surface area (Å²) in [6.07, 6.45) is 7.47. The lowest BCUT2D eigenvalue weighted by Crippen LogP contribution is -2.07. The Morgan fingerprint density at radius 3 is 2.43 bits per heavy atom. The lowest BCUT2D eigenvalue weighted by Gasteiger charge is -2.04. The zero-order chi connectivity index (χ0) is 11.0. The van der Waals surface area contributed by atoms with Crippen molar-refractivity contribution in [2.45, 2.75) is 41.0 Å². The van der Waals surface area contributed by atoms with Crippen molar-refractivity contribution < 1.29 is 0 Å². The maximum atomic E-state index is 3.39. The first-order chi connectivity index (χ1) is 6.75. The van der Waals surface area contributed by atoms with Crippen LogP contribution in [0, 0.1) is 0 Å². The average Bonchev–Trinajstić information content (AvgIpc) is 2.64. The van der Waals surface area contributed by atoms with Gasteiger partial charge in [-0.25, -0.2) is 0 Å². The molecule has 1 heterocycles. The molecule has 0 aromatic rings. The fourth-order valence-corrected chi connectivity index (χ4v) is 1.45. The van der Waals surface area contributed by atoms with Crippen LogP contribution in [0.5, 0.6) is 0 Å². The van der Waals surface area contributed by atoms with Crippen molar-refractivity contribution in [3.8, 4) is 0 Å². The third-order valence-electron chi connectivity index (χ3n) is 2.16. The number of nitrogens with one attached hydrogen (secondary N) is 1. The van der Waals surface area contributed by atoms with Gasteiger partial charge in [-0.15, -0.1) is 0 Å². The molecule has 0 fully saturated rings. The number of hydrogen-bond acceptors (Lipinski definition) is 1. The van der Waals surface area contributed by atoms with Gasteiger partial charge in [0.15, 0.2) is 0 Å². The lowest BCUT2D eigenvalue weighted by molar-refractivity contribution is 0.876. The number of rotatable bonds is 2. The highest BCUT2D eigenvalue weighted by Crippen LogP contribution is 2.18. The van der Waals surface area contributed by atoms with Crippen molar-refractivity contribution in [1.82, 2.24) is 5.32 Å². The maximum Gasteiger partial charge on any atom is 0.0359 e. The van der Waals surface area contributed by atoms with Crippen molar-refractivity contribution in [2.24, 2.45) is 0 Å². The Morgan fingerprint density at radius 2 is 2.00 bits per heavy atom. The van der Waals surface area contributed by atoms with Gasteiger partial charge in [-0.2, -0.15) is 0 Å². The zero-order valence-corrected chi connectivity index (χ0v) is 10.1. The molecule has 0 amide bonds. The standard InChI is InChI=1S/C11H17N.C2H6/c1-4-5-6-9(2)11-10(3)7-8-12-11;1-2/h4-6,12H,7-8H2,1-3H3;1-2H3/b5-4-,9-6-;. The summed E-state index contributed by atoms with van der Waals surface area (Å²) in [7, 11) is 0. The Labute approximate surface area is 88.6 Å². The zero-order valence-electron chi connectivity index (χ0n) is 10.1. The normalized spacial score (nSPS) is 16.8. The van der Waals surface area contributed by atoms with Crippen LogP contribution in [0.2, 0.25) is 0 Å². The first-order valence-corrected chi connectivity index (χ1v) is 5.49. The third kappa shape index (κ3) is 3.82. The average molecular weight is 193 g/mol. The monoisotopic (exact) mass is 193 g/mol. The summed E-state index contributed by atoms with van der Waals surface area (Å²) in [4.78, 5) is 0. The molecule has 1 rings (SSSR count). The molecule has 1 aliphatic heterocycles. The SMILES string of the molecule is C/C=C\C=C(\C)C1=C(C)CCN1.CC. The van der Waals surface area contributed by atoms with Crippen molar-refractivity contribution >= 4 is 0 Å². The molecule has 0 aromatic carbocycles. The van der Waals surface area contributed by atoms with Gasteiger partial charge in [-0.05, 0) is 38.3 Å². The molecule has 0 aromatic heterocycles. The molecule has 80 valence electrons. The van der Waals surface area contributed by atoms with Gasteiger partial charge < -0.3 is 5.32 Å². The summed E-state index contributed by atoms with van der Waals surface area (Å²) in [5.41, 5.74) is 4.16. The third-order valence-corrected chi connectivity index (χ3v) is 2.16. The van der Waals surface area contributed by atoms with E-state index in [-0.39, 0.29) is 0 Å². The van der Waals surface area contributed by atoms with Crippen LogP contribution in [0.1, 0.15) is 41.0 Å². The van der Waals surface area contributed by atoms with E-state index in [0.717, 1.165) is 6.54 Å². The van der Waals surface area contributed by atoms with Gasteiger partial charge in [0.2, 0.25) is 0 Å². The largest absolute Gasteiger partial charge is 0.385 e. The van der Waals surface area contributed by atoms with Crippen molar-refractivity contribution in [3.05, 3.63) is 35.1 Å². The minimum absolute atomic E-state index is 1.10. The smallest absolute Gasteiger partial charge is 0.0359 e. The highest BCUT2D eigenvalue weighted by atomic mass is 14.9. The Balaban J connectivity index is 0.000000791. The second-order valence-electron chi connectivity index (χ2n) is 3.21. The fraction of sp³-hybridized carbons (Fsp3) is 0.538. The fourth-order valence-electron chi connectivity index (χ4n) is 1.45. The van der Waals surface area contributed by atoms with Gasteiger partial charge >= 0.3 is 0 Å². The van der Waals surface area contributed by atoms with E-state index in [1.54, 1.807) is 0 Å². The first-order valence-electron chi connectivity index (χ1n) is 5.49. The van der Waals surface area contributed by atoms with E-state index in [0.29, 0.717) is 0 Å². The molecule has 0 saturated carbocycles. The summed E-state index contributed by atoms with van der Waals surface area (Å²) >= 11 is 0.